The Morgan fingerprint density at radius 1 is 1.39 bits per heavy atom. The zero-order valence-electron chi connectivity index (χ0n) is 10.1. The van der Waals surface area contributed by atoms with Gasteiger partial charge < -0.3 is 9.30 Å². The molecule has 0 bridgehead atoms. The van der Waals surface area contributed by atoms with Crippen LogP contribution in [0.15, 0.2) is 24.3 Å². The highest BCUT2D eigenvalue weighted by atomic mass is 35.5. The van der Waals surface area contributed by atoms with Crippen LogP contribution < -0.4 is 0 Å². The van der Waals surface area contributed by atoms with Crippen molar-refractivity contribution >= 4 is 11.6 Å². The third-order valence-corrected chi connectivity index (χ3v) is 3.59. The minimum atomic E-state index is 0.287. The number of rotatable bonds is 2. The molecule has 0 spiro atoms. The van der Waals surface area contributed by atoms with Gasteiger partial charge in [-0.25, -0.2) is 0 Å². The average Bonchev–Trinajstić information content (AvgIpc) is 2.83. The normalized spacial score (nSPS) is 18.7. The molecular formula is C13H14ClN3O. The van der Waals surface area contributed by atoms with Crippen molar-refractivity contribution in [2.75, 3.05) is 6.61 Å². The second-order valence-corrected chi connectivity index (χ2v) is 4.77. The van der Waals surface area contributed by atoms with Gasteiger partial charge in [0.05, 0.1) is 17.7 Å². The van der Waals surface area contributed by atoms with Crippen LogP contribution in [0.25, 0.3) is 11.4 Å². The Morgan fingerprint density at radius 2 is 2.22 bits per heavy atom. The molecule has 0 saturated carbocycles. The number of ether oxygens (including phenoxy) is 1. The summed E-state index contributed by atoms with van der Waals surface area (Å²) in [5.41, 5.74) is 0.929. The number of aromatic nitrogens is 3. The minimum absolute atomic E-state index is 0.287. The quantitative estimate of drug-likeness (QED) is 0.836. The zero-order valence-corrected chi connectivity index (χ0v) is 10.9. The van der Waals surface area contributed by atoms with Gasteiger partial charge in [-0.2, -0.15) is 0 Å². The summed E-state index contributed by atoms with van der Waals surface area (Å²) in [6, 6.07) is 8.01. The summed E-state index contributed by atoms with van der Waals surface area (Å²) in [6.45, 7) is 3.37. The van der Waals surface area contributed by atoms with Crippen molar-refractivity contribution in [2.45, 2.75) is 26.0 Å². The molecule has 0 amide bonds. The standard InChI is InChI=1S/C13H14ClN3O/c1-2-9-7-18-8-12-15-16-13(17(9)12)10-5-3-4-6-11(10)14/h3-6,9H,2,7-8H2,1H3. The molecule has 0 fully saturated rings. The molecule has 2 heterocycles. The molecule has 1 atom stereocenters. The van der Waals surface area contributed by atoms with Crippen molar-refractivity contribution in [3.63, 3.8) is 0 Å². The Hall–Kier alpha value is -1.39. The molecule has 1 aliphatic heterocycles. The van der Waals surface area contributed by atoms with Crippen molar-refractivity contribution in [3.05, 3.63) is 35.1 Å². The number of halogens is 1. The third kappa shape index (κ3) is 1.82. The van der Waals surface area contributed by atoms with Gasteiger partial charge in [0.15, 0.2) is 11.6 Å². The average molecular weight is 264 g/mol. The van der Waals surface area contributed by atoms with Gasteiger partial charge in [-0.1, -0.05) is 30.7 Å². The van der Waals surface area contributed by atoms with Gasteiger partial charge in [-0.05, 0) is 18.6 Å². The Labute approximate surface area is 111 Å². The molecule has 18 heavy (non-hydrogen) atoms. The Balaban J connectivity index is 2.14. The molecule has 0 saturated heterocycles. The van der Waals surface area contributed by atoms with Crippen LogP contribution in [0.5, 0.6) is 0 Å². The summed E-state index contributed by atoms with van der Waals surface area (Å²) in [5.74, 6) is 1.72. The molecule has 0 N–H and O–H groups in total. The topological polar surface area (TPSA) is 39.9 Å². The van der Waals surface area contributed by atoms with Crippen molar-refractivity contribution in [2.24, 2.45) is 0 Å². The third-order valence-electron chi connectivity index (χ3n) is 3.26. The molecule has 0 radical (unpaired) electrons. The largest absolute Gasteiger partial charge is 0.371 e. The first-order valence-electron chi connectivity index (χ1n) is 6.07. The van der Waals surface area contributed by atoms with Gasteiger partial charge >= 0.3 is 0 Å². The summed E-state index contributed by atoms with van der Waals surface area (Å²) >= 11 is 6.24. The fraction of sp³-hybridized carbons (Fsp3) is 0.385. The monoisotopic (exact) mass is 263 g/mol. The van der Waals surface area contributed by atoms with Gasteiger partial charge in [-0.3, -0.25) is 0 Å². The molecule has 94 valence electrons. The summed E-state index contributed by atoms with van der Waals surface area (Å²) in [5, 5.41) is 9.18. The minimum Gasteiger partial charge on any atom is -0.371 e. The summed E-state index contributed by atoms with van der Waals surface area (Å²) in [6.07, 6.45) is 0.989. The van der Waals surface area contributed by atoms with Crippen LogP contribution in [0.4, 0.5) is 0 Å². The maximum atomic E-state index is 6.24. The number of hydrogen-bond donors (Lipinski definition) is 0. The van der Waals surface area contributed by atoms with E-state index in [4.69, 9.17) is 16.3 Å². The molecular weight excluding hydrogens is 250 g/mol. The molecule has 3 rings (SSSR count). The van der Waals surface area contributed by atoms with E-state index in [0.717, 1.165) is 23.6 Å². The van der Waals surface area contributed by atoms with E-state index in [1.54, 1.807) is 0 Å². The van der Waals surface area contributed by atoms with Crippen LogP contribution in [0, 0.1) is 0 Å². The maximum absolute atomic E-state index is 6.24. The highest BCUT2D eigenvalue weighted by Crippen LogP contribution is 2.31. The zero-order chi connectivity index (χ0) is 12.5. The predicted molar refractivity (Wildman–Crippen MR) is 69.5 cm³/mol. The van der Waals surface area contributed by atoms with Crippen LogP contribution in [-0.4, -0.2) is 21.4 Å². The summed E-state index contributed by atoms with van der Waals surface area (Å²) in [7, 11) is 0. The van der Waals surface area contributed by atoms with Crippen LogP contribution in [-0.2, 0) is 11.3 Å². The highest BCUT2D eigenvalue weighted by Gasteiger charge is 2.25. The number of fused-ring (bicyclic) bond motifs is 1. The van der Waals surface area contributed by atoms with Gasteiger partial charge in [-0.15, -0.1) is 10.2 Å². The van der Waals surface area contributed by atoms with Gasteiger partial charge in [0.2, 0.25) is 0 Å². The van der Waals surface area contributed by atoms with Gasteiger partial charge in [0.1, 0.15) is 6.61 Å². The lowest BCUT2D eigenvalue weighted by molar-refractivity contribution is 0.0542. The van der Waals surface area contributed by atoms with Gasteiger partial charge in [0, 0.05) is 5.56 Å². The molecule has 1 unspecified atom stereocenters. The van der Waals surface area contributed by atoms with Crippen molar-refractivity contribution in [1.29, 1.82) is 0 Å². The lowest BCUT2D eigenvalue weighted by Gasteiger charge is -2.25. The second kappa shape index (κ2) is 4.71. The Morgan fingerprint density at radius 3 is 3.00 bits per heavy atom. The summed E-state index contributed by atoms with van der Waals surface area (Å²) in [4.78, 5) is 0. The second-order valence-electron chi connectivity index (χ2n) is 4.37. The molecule has 0 aliphatic carbocycles. The predicted octanol–water partition coefficient (Wildman–Crippen LogP) is 3.08. The number of nitrogens with zero attached hydrogens (tertiary/aromatic N) is 3. The van der Waals surface area contributed by atoms with E-state index in [0.29, 0.717) is 18.2 Å². The smallest absolute Gasteiger partial charge is 0.165 e. The fourth-order valence-electron chi connectivity index (χ4n) is 2.29. The van der Waals surface area contributed by atoms with Crippen molar-refractivity contribution in [3.8, 4) is 11.4 Å². The van der Waals surface area contributed by atoms with Crippen molar-refractivity contribution in [1.82, 2.24) is 14.8 Å². The van der Waals surface area contributed by atoms with E-state index in [2.05, 4.69) is 21.7 Å². The van der Waals surface area contributed by atoms with E-state index >= 15 is 0 Å². The van der Waals surface area contributed by atoms with Crippen LogP contribution in [0.2, 0.25) is 5.02 Å². The van der Waals surface area contributed by atoms with Crippen LogP contribution in [0.3, 0.4) is 0 Å². The number of benzene rings is 1. The molecule has 2 aromatic rings. The van der Waals surface area contributed by atoms with E-state index in [-0.39, 0.29) is 6.04 Å². The fourth-order valence-corrected chi connectivity index (χ4v) is 2.51. The molecule has 5 heteroatoms. The van der Waals surface area contributed by atoms with Crippen molar-refractivity contribution < 1.29 is 4.74 Å². The van der Waals surface area contributed by atoms with E-state index < -0.39 is 0 Å². The number of hydrogen-bond acceptors (Lipinski definition) is 3. The van der Waals surface area contributed by atoms with E-state index in [1.807, 2.05) is 24.3 Å². The van der Waals surface area contributed by atoms with E-state index in [1.165, 1.54) is 0 Å². The Bertz CT molecular complexity index is 567. The lowest BCUT2D eigenvalue weighted by Crippen LogP contribution is -2.24. The lowest BCUT2D eigenvalue weighted by atomic mass is 10.1. The first kappa shape index (κ1) is 11.7. The Kier molecular flexibility index (Phi) is 3.06. The van der Waals surface area contributed by atoms with Crippen LogP contribution in [0.1, 0.15) is 25.2 Å². The first-order valence-corrected chi connectivity index (χ1v) is 6.45. The SMILES string of the molecule is CCC1COCc2nnc(-c3ccccc3Cl)n21. The summed E-state index contributed by atoms with van der Waals surface area (Å²) < 4.78 is 7.68. The first-order chi connectivity index (χ1) is 8.81. The molecule has 1 aromatic heterocycles. The van der Waals surface area contributed by atoms with Gasteiger partial charge in [0.25, 0.3) is 0 Å². The molecule has 1 aromatic carbocycles. The van der Waals surface area contributed by atoms with Crippen LogP contribution >= 0.6 is 11.6 Å². The maximum Gasteiger partial charge on any atom is 0.165 e. The highest BCUT2D eigenvalue weighted by molar-refractivity contribution is 6.33. The molecule has 1 aliphatic rings. The molecule has 4 nitrogen and oxygen atoms in total. The van der Waals surface area contributed by atoms with E-state index in [9.17, 15) is 0 Å².